The highest BCUT2D eigenvalue weighted by atomic mass is 15.3. The van der Waals surface area contributed by atoms with E-state index in [1.807, 2.05) is 4.68 Å². The minimum Gasteiger partial charge on any atom is -0.301 e. The zero-order chi connectivity index (χ0) is 11.5. The zero-order valence-corrected chi connectivity index (χ0v) is 9.93. The Balaban J connectivity index is 2.02. The van der Waals surface area contributed by atoms with Crippen LogP contribution in [0.15, 0.2) is 12.3 Å². The molecule has 0 atom stereocenters. The van der Waals surface area contributed by atoms with Gasteiger partial charge >= 0.3 is 0 Å². The highest BCUT2D eigenvalue weighted by Gasteiger charge is 2.23. The molecule has 0 bridgehead atoms. The second kappa shape index (κ2) is 4.67. The summed E-state index contributed by atoms with van der Waals surface area (Å²) in [7, 11) is 0. The number of aromatic nitrogens is 2. The van der Waals surface area contributed by atoms with E-state index in [0.29, 0.717) is 17.8 Å². The van der Waals surface area contributed by atoms with Gasteiger partial charge in [-0.3, -0.25) is 4.68 Å². The van der Waals surface area contributed by atoms with Crippen molar-refractivity contribution in [2.45, 2.75) is 38.8 Å². The maximum atomic E-state index is 8.96. The second-order valence-corrected chi connectivity index (χ2v) is 4.63. The number of likely N-dealkylation sites (tertiary alicyclic amines) is 1. The monoisotopic (exact) mass is 218 g/mol. The average Bonchev–Trinajstić information content (AvgIpc) is 2.77. The molecule has 0 unspecified atom stereocenters. The van der Waals surface area contributed by atoms with Gasteiger partial charge < -0.3 is 4.90 Å². The van der Waals surface area contributed by atoms with Crippen LogP contribution in [0.5, 0.6) is 0 Å². The molecule has 1 aromatic rings. The van der Waals surface area contributed by atoms with Crippen LogP contribution in [0, 0.1) is 11.3 Å². The van der Waals surface area contributed by atoms with Crippen molar-refractivity contribution in [1.82, 2.24) is 14.7 Å². The largest absolute Gasteiger partial charge is 0.301 e. The number of rotatable bonds is 2. The molecule has 2 rings (SSSR count). The van der Waals surface area contributed by atoms with Crippen LogP contribution in [0.1, 0.15) is 38.4 Å². The van der Waals surface area contributed by atoms with Gasteiger partial charge in [-0.15, -0.1) is 0 Å². The average molecular weight is 218 g/mol. The molecule has 0 radical (unpaired) electrons. The maximum absolute atomic E-state index is 8.96. The lowest BCUT2D eigenvalue weighted by atomic mass is 10.0. The first-order chi connectivity index (χ1) is 7.72. The highest BCUT2D eigenvalue weighted by Crippen LogP contribution is 2.23. The summed E-state index contributed by atoms with van der Waals surface area (Å²) in [6.45, 7) is 6.67. The minimum absolute atomic E-state index is 0.402. The third-order valence-electron chi connectivity index (χ3n) is 3.36. The Morgan fingerprint density at radius 2 is 2.12 bits per heavy atom. The standard InChI is InChI=1S/C12H18N4/c1-10(2)15-7-4-11(5-8-15)16-12(9-13)3-6-14-16/h3,6,10-11H,4-5,7-8H2,1-2H3. The van der Waals surface area contributed by atoms with E-state index in [1.165, 1.54) is 0 Å². The molecule has 0 amide bonds. The van der Waals surface area contributed by atoms with E-state index in [1.54, 1.807) is 12.3 Å². The van der Waals surface area contributed by atoms with Gasteiger partial charge in [0.1, 0.15) is 11.8 Å². The summed E-state index contributed by atoms with van der Waals surface area (Å²) < 4.78 is 1.89. The molecular formula is C12H18N4. The van der Waals surface area contributed by atoms with Gasteiger partial charge in [0, 0.05) is 19.1 Å². The minimum atomic E-state index is 0.402. The van der Waals surface area contributed by atoms with E-state index in [0.717, 1.165) is 25.9 Å². The molecule has 1 aliphatic heterocycles. The fraction of sp³-hybridized carbons (Fsp3) is 0.667. The van der Waals surface area contributed by atoms with Crippen LogP contribution in [-0.2, 0) is 0 Å². The Morgan fingerprint density at radius 3 is 2.69 bits per heavy atom. The number of piperidine rings is 1. The molecule has 0 N–H and O–H groups in total. The number of hydrogen-bond donors (Lipinski definition) is 0. The normalized spacial score (nSPS) is 18.9. The van der Waals surface area contributed by atoms with E-state index >= 15 is 0 Å². The fourth-order valence-corrected chi connectivity index (χ4v) is 2.34. The second-order valence-electron chi connectivity index (χ2n) is 4.63. The topological polar surface area (TPSA) is 44.9 Å². The van der Waals surface area contributed by atoms with Crippen molar-refractivity contribution in [3.8, 4) is 6.07 Å². The van der Waals surface area contributed by atoms with Crippen molar-refractivity contribution in [2.24, 2.45) is 0 Å². The highest BCUT2D eigenvalue weighted by molar-refractivity contribution is 5.19. The first-order valence-corrected chi connectivity index (χ1v) is 5.90. The molecule has 16 heavy (non-hydrogen) atoms. The quantitative estimate of drug-likeness (QED) is 0.760. The first-order valence-electron chi connectivity index (χ1n) is 5.90. The molecule has 1 aliphatic rings. The zero-order valence-electron chi connectivity index (χ0n) is 9.93. The maximum Gasteiger partial charge on any atom is 0.138 e. The van der Waals surface area contributed by atoms with E-state index in [9.17, 15) is 0 Å². The van der Waals surface area contributed by atoms with Crippen LogP contribution in [0.4, 0.5) is 0 Å². The Bertz CT molecular complexity index is 380. The molecule has 0 saturated carbocycles. The van der Waals surface area contributed by atoms with Crippen LogP contribution < -0.4 is 0 Å². The molecule has 86 valence electrons. The van der Waals surface area contributed by atoms with E-state index in [-0.39, 0.29) is 0 Å². The number of nitrogens with zero attached hydrogens (tertiary/aromatic N) is 4. The molecule has 0 aromatic carbocycles. The van der Waals surface area contributed by atoms with Gasteiger partial charge in [0.05, 0.1) is 12.2 Å². The van der Waals surface area contributed by atoms with E-state index in [4.69, 9.17) is 5.26 Å². The van der Waals surface area contributed by atoms with E-state index < -0.39 is 0 Å². The lowest BCUT2D eigenvalue weighted by molar-refractivity contribution is 0.146. The first kappa shape index (κ1) is 11.2. The van der Waals surface area contributed by atoms with Gasteiger partial charge in [-0.2, -0.15) is 10.4 Å². The van der Waals surface area contributed by atoms with Crippen molar-refractivity contribution in [3.05, 3.63) is 18.0 Å². The van der Waals surface area contributed by atoms with Crippen molar-refractivity contribution in [2.75, 3.05) is 13.1 Å². The van der Waals surface area contributed by atoms with Gasteiger partial charge in [-0.05, 0) is 32.8 Å². The Morgan fingerprint density at radius 1 is 1.44 bits per heavy atom. The molecular weight excluding hydrogens is 200 g/mol. The summed E-state index contributed by atoms with van der Waals surface area (Å²) in [5.74, 6) is 0. The fourth-order valence-electron chi connectivity index (χ4n) is 2.34. The molecule has 1 aromatic heterocycles. The van der Waals surface area contributed by atoms with Crippen molar-refractivity contribution < 1.29 is 0 Å². The van der Waals surface area contributed by atoms with Crippen molar-refractivity contribution in [1.29, 1.82) is 5.26 Å². The van der Waals surface area contributed by atoms with Gasteiger partial charge in [0.2, 0.25) is 0 Å². The third-order valence-corrected chi connectivity index (χ3v) is 3.36. The van der Waals surface area contributed by atoms with Gasteiger partial charge in [-0.1, -0.05) is 0 Å². The van der Waals surface area contributed by atoms with Crippen LogP contribution in [0.3, 0.4) is 0 Å². The van der Waals surface area contributed by atoms with Crippen LogP contribution in [0.25, 0.3) is 0 Å². The molecule has 0 spiro atoms. The number of hydrogen-bond acceptors (Lipinski definition) is 3. The summed E-state index contributed by atoms with van der Waals surface area (Å²) in [4.78, 5) is 2.48. The third kappa shape index (κ3) is 2.10. The Kier molecular flexibility index (Phi) is 3.25. The Labute approximate surface area is 96.5 Å². The smallest absolute Gasteiger partial charge is 0.138 e. The molecule has 4 nitrogen and oxygen atoms in total. The van der Waals surface area contributed by atoms with Gasteiger partial charge in [-0.25, -0.2) is 0 Å². The van der Waals surface area contributed by atoms with Gasteiger partial charge in [0.15, 0.2) is 0 Å². The summed E-state index contributed by atoms with van der Waals surface area (Å²) in [5.41, 5.74) is 0.683. The van der Waals surface area contributed by atoms with Crippen molar-refractivity contribution >= 4 is 0 Å². The van der Waals surface area contributed by atoms with Crippen LogP contribution in [0.2, 0.25) is 0 Å². The molecule has 1 fully saturated rings. The molecule has 2 heterocycles. The van der Waals surface area contributed by atoms with Gasteiger partial charge in [0.25, 0.3) is 0 Å². The lowest BCUT2D eigenvalue weighted by Crippen LogP contribution is -2.39. The summed E-state index contributed by atoms with van der Waals surface area (Å²) >= 11 is 0. The summed E-state index contributed by atoms with van der Waals surface area (Å²) in [6, 6.07) is 5.00. The predicted octanol–water partition coefficient (Wildman–Crippen LogP) is 1.80. The van der Waals surface area contributed by atoms with E-state index in [2.05, 4.69) is 29.9 Å². The van der Waals surface area contributed by atoms with Crippen molar-refractivity contribution in [3.63, 3.8) is 0 Å². The summed E-state index contributed by atoms with van der Waals surface area (Å²) in [5, 5.41) is 13.2. The number of nitriles is 1. The van der Waals surface area contributed by atoms with Crippen LogP contribution >= 0.6 is 0 Å². The predicted molar refractivity (Wildman–Crippen MR) is 61.9 cm³/mol. The molecule has 1 saturated heterocycles. The molecule has 4 heteroatoms. The lowest BCUT2D eigenvalue weighted by Gasteiger charge is -2.34. The summed E-state index contributed by atoms with van der Waals surface area (Å²) in [6.07, 6.45) is 3.90. The SMILES string of the molecule is CC(C)N1CCC(n2nccc2C#N)CC1. The Hall–Kier alpha value is -1.34. The molecule has 0 aliphatic carbocycles. The van der Waals surface area contributed by atoms with Crippen LogP contribution in [-0.4, -0.2) is 33.8 Å².